The molecule has 0 radical (unpaired) electrons. The van der Waals surface area contributed by atoms with Crippen molar-refractivity contribution in [2.45, 2.75) is 47.0 Å². The van der Waals surface area contributed by atoms with Gasteiger partial charge in [0.1, 0.15) is 17.2 Å². The SMILES string of the molecule is CC(C)=CCc1c(O)cc(/C=C/c2ccc(O)cc2)c(CCC(C)C)c1O. The van der Waals surface area contributed by atoms with Crippen LogP contribution in [0.2, 0.25) is 0 Å². The van der Waals surface area contributed by atoms with Crippen LogP contribution in [0.5, 0.6) is 17.2 Å². The first kappa shape index (κ1) is 20.6. The normalized spacial score (nSPS) is 11.3. The molecule has 0 saturated heterocycles. The highest BCUT2D eigenvalue weighted by Gasteiger charge is 2.16. The fourth-order valence-corrected chi connectivity index (χ4v) is 2.89. The fourth-order valence-electron chi connectivity index (χ4n) is 2.89. The van der Waals surface area contributed by atoms with E-state index in [1.165, 1.54) is 0 Å². The molecule has 0 aromatic heterocycles. The molecule has 2 rings (SSSR count). The monoisotopic (exact) mass is 366 g/mol. The van der Waals surface area contributed by atoms with Gasteiger partial charge in [0.15, 0.2) is 0 Å². The Bertz CT molecular complexity index is 824. The standard InChI is InChI=1S/C24H30O3/c1-16(2)5-13-21-19(10-7-18-8-11-20(25)12-9-18)15-23(26)22(24(21)27)14-6-17(3)4/h6-12,15-16,25-27H,5,13-14H2,1-4H3/b10-7+. The maximum absolute atomic E-state index is 10.9. The van der Waals surface area contributed by atoms with Crippen LogP contribution in [-0.4, -0.2) is 15.3 Å². The molecule has 0 unspecified atom stereocenters. The van der Waals surface area contributed by atoms with Crippen LogP contribution in [0.1, 0.15) is 56.4 Å². The van der Waals surface area contributed by atoms with E-state index in [0.717, 1.165) is 35.1 Å². The second kappa shape index (κ2) is 9.31. The number of aromatic hydroxyl groups is 3. The molecule has 3 nitrogen and oxygen atoms in total. The molecule has 0 atom stereocenters. The maximum atomic E-state index is 10.9. The van der Waals surface area contributed by atoms with Crippen molar-refractivity contribution in [3.05, 3.63) is 64.2 Å². The molecule has 0 fully saturated rings. The van der Waals surface area contributed by atoms with Gasteiger partial charge in [-0.15, -0.1) is 0 Å². The van der Waals surface area contributed by atoms with E-state index in [4.69, 9.17) is 0 Å². The molecular weight excluding hydrogens is 336 g/mol. The predicted octanol–water partition coefficient (Wildman–Crippen LogP) is 6.07. The Kier molecular flexibility index (Phi) is 7.12. The van der Waals surface area contributed by atoms with E-state index in [9.17, 15) is 15.3 Å². The second-order valence-electron chi connectivity index (χ2n) is 7.63. The van der Waals surface area contributed by atoms with Crippen molar-refractivity contribution >= 4 is 12.2 Å². The van der Waals surface area contributed by atoms with Crippen LogP contribution >= 0.6 is 0 Å². The summed E-state index contributed by atoms with van der Waals surface area (Å²) in [7, 11) is 0. The topological polar surface area (TPSA) is 60.7 Å². The highest BCUT2D eigenvalue weighted by Crippen LogP contribution is 2.36. The molecule has 3 N–H and O–H groups in total. The van der Waals surface area contributed by atoms with Gasteiger partial charge in [-0.3, -0.25) is 0 Å². The van der Waals surface area contributed by atoms with Crippen molar-refractivity contribution in [2.75, 3.05) is 0 Å². The summed E-state index contributed by atoms with van der Waals surface area (Å²) in [4.78, 5) is 0. The maximum Gasteiger partial charge on any atom is 0.126 e. The van der Waals surface area contributed by atoms with Gasteiger partial charge in [-0.05, 0) is 68.4 Å². The van der Waals surface area contributed by atoms with Gasteiger partial charge >= 0.3 is 0 Å². The molecule has 0 aliphatic heterocycles. The minimum absolute atomic E-state index is 0.114. The largest absolute Gasteiger partial charge is 0.508 e. The molecule has 0 aliphatic carbocycles. The van der Waals surface area contributed by atoms with Gasteiger partial charge in [-0.1, -0.05) is 49.8 Å². The smallest absolute Gasteiger partial charge is 0.126 e. The third-order valence-electron chi connectivity index (χ3n) is 4.56. The zero-order chi connectivity index (χ0) is 20.0. The molecular formula is C24H30O3. The van der Waals surface area contributed by atoms with Crippen LogP contribution in [0.4, 0.5) is 0 Å². The second-order valence-corrected chi connectivity index (χ2v) is 7.63. The number of benzene rings is 2. The molecule has 144 valence electrons. The summed E-state index contributed by atoms with van der Waals surface area (Å²) >= 11 is 0. The van der Waals surface area contributed by atoms with E-state index in [-0.39, 0.29) is 17.2 Å². The third-order valence-corrected chi connectivity index (χ3v) is 4.56. The number of phenolic OH excluding ortho intramolecular Hbond substituents is 3. The van der Waals surface area contributed by atoms with E-state index in [1.807, 2.05) is 44.2 Å². The molecule has 0 aliphatic rings. The van der Waals surface area contributed by atoms with Crippen molar-refractivity contribution < 1.29 is 15.3 Å². The van der Waals surface area contributed by atoms with Gasteiger partial charge in [0.05, 0.1) is 0 Å². The third kappa shape index (κ3) is 5.92. The van der Waals surface area contributed by atoms with Crippen molar-refractivity contribution in [1.82, 2.24) is 0 Å². The lowest BCUT2D eigenvalue weighted by molar-refractivity contribution is 0.433. The summed E-state index contributed by atoms with van der Waals surface area (Å²) in [5, 5.41) is 30.7. The molecule has 0 bridgehead atoms. The molecule has 3 heteroatoms. The molecule has 0 spiro atoms. The van der Waals surface area contributed by atoms with Gasteiger partial charge in [-0.2, -0.15) is 0 Å². The predicted molar refractivity (Wildman–Crippen MR) is 113 cm³/mol. The molecule has 2 aromatic carbocycles. The van der Waals surface area contributed by atoms with Crippen LogP contribution < -0.4 is 0 Å². The van der Waals surface area contributed by atoms with E-state index in [1.54, 1.807) is 18.2 Å². The van der Waals surface area contributed by atoms with E-state index < -0.39 is 0 Å². The summed E-state index contributed by atoms with van der Waals surface area (Å²) in [5.74, 6) is 1.05. The van der Waals surface area contributed by atoms with Crippen molar-refractivity contribution in [2.24, 2.45) is 5.92 Å². The quantitative estimate of drug-likeness (QED) is 0.411. The molecule has 0 saturated carbocycles. The summed E-state index contributed by atoms with van der Waals surface area (Å²) in [5.41, 5.74) is 4.36. The van der Waals surface area contributed by atoms with Gasteiger partial charge in [0, 0.05) is 11.1 Å². The number of hydrogen-bond donors (Lipinski definition) is 3. The fraction of sp³-hybridized carbons (Fsp3) is 0.333. The van der Waals surface area contributed by atoms with Crippen LogP contribution in [0.3, 0.4) is 0 Å². The van der Waals surface area contributed by atoms with E-state index >= 15 is 0 Å². The summed E-state index contributed by atoms with van der Waals surface area (Å²) in [6, 6.07) is 8.65. The zero-order valence-corrected chi connectivity index (χ0v) is 16.7. The molecule has 2 aromatic rings. The first-order valence-electron chi connectivity index (χ1n) is 9.45. The summed E-state index contributed by atoms with van der Waals surface area (Å²) < 4.78 is 0. The van der Waals surface area contributed by atoms with Gasteiger partial charge in [0.25, 0.3) is 0 Å². The summed E-state index contributed by atoms with van der Waals surface area (Å²) in [6.07, 6.45) is 8.05. The average Bonchev–Trinajstić information content (AvgIpc) is 2.59. The highest BCUT2D eigenvalue weighted by molar-refractivity contribution is 5.74. The average molecular weight is 367 g/mol. The minimum atomic E-state index is 0.114. The molecule has 0 amide bonds. The molecule has 27 heavy (non-hydrogen) atoms. The van der Waals surface area contributed by atoms with Gasteiger partial charge in [-0.25, -0.2) is 0 Å². The Morgan fingerprint density at radius 1 is 0.963 bits per heavy atom. The van der Waals surface area contributed by atoms with E-state index in [0.29, 0.717) is 17.9 Å². The lowest BCUT2D eigenvalue weighted by atomic mass is 9.92. The Hall–Kier alpha value is -2.68. The number of allylic oxidation sites excluding steroid dienone is 2. The lowest BCUT2D eigenvalue weighted by Crippen LogP contribution is -1.99. The Morgan fingerprint density at radius 3 is 2.22 bits per heavy atom. The van der Waals surface area contributed by atoms with Crippen LogP contribution in [0.25, 0.3) is 12.2 Å². The van der Waals surface area contributed by atoms with E-state index in [2.05, 4.69) is 13.8 Å². The number of rotatable bonds is 7. The van der Waals surface area contributed by atoms with Crippen LogP contribution in [0.15, 0.2) is 42.0 Å². The number of hydrogen-bond acceptors (Lipinski definition) is 3. The first-order valence-corrected chi connectivity index (χ1v) is 9.45. The first-order chi connectivity index (χ1) is 12.8. The lowest BCUT2D eigenvalue weighted by Gasteiger charge is -2.15. The van der Waals surface area contributed by atoms with Gasteiger partial charge in [0.2, 0.25) is 0 Å². The Balaban J connectivity index is 2.44. The molecule has 0 heterocycles. The Labute approximate surface area is 162 Å². The van der Waals surface area contributed by atoms with Crippen molar-refractivity contribution in [3.8, 4) is 17.2 Å². The minimum Gasteiger partial charge on any atom is -0.508 e. The van der Waals surface area contributed by atoms with Crippen LogP contribution in [-0.2, 0) is 12.8 Å². The van der Waals surface area contributed by atoms with Crippen molar-refractivity contribution in [3.63, 3.8) is 0 Å². The number of phenols is 3. The highest BCUT2D eigenvalue weighted by atomic mass is 16.3. The van der Waals surface area contributed by atoms with Crippen molar-refractivity contribution in [1.29, 1.82) is 0 Å². The van der Waals surface area contributed by atoms with Gasteiger partial charge < -0.3 is 15.3 Å². The summed E-state index contributed by atoms with van der Waals surface area (Å²) in [6.45, 7) is 8.33. The van der Waals surface area contributed by atoms with Crippen LogP contribution in [0, 0.1) is 5.92 Å². The zero-order valence-electron chi connectivity index (χ0n) is 16.7. The Morgan fingerprint density at radius 2 is 1.63 bits per heavy atom.